The van der Waals surface area contributed by atoms with Gasteiger partial charge in [0.25, 0.3) is 0 Å². The van der Waals surface area contributed by atoms with E-state index in [1.54, 1.807) is 0 Å². The lowest BCUT2D eigenvalue weighted by Crippen LogP contribution is -2.22. The van der Waals surface area contributed by atoms with Crippen LogP contribution in [-0.4, -0.2) is 5.96 Å². The van der Waals surface area contributed by atoms with Crippen LogP contribution in [0.25, 0.3) is 0 Å². The van der Waals surface area contributed by atoms with E-state index < -0.39 is 0 Å². The summed E-state index contributed by atoms with van der Waals surface area (Å²) in [5.41, 5.74) is 15.2. The summed E-state index contributed by atoms with van der Waals surface area (Å²) in [7, 11) is 0. The number of aliphatic imine (C=N–C) groups is 1. The summed E-state index contributed by atoms with van der Waals surface area (Å²) in [6.45, 7) is 7.08. The van der Waals surface area contributed by atoms with Gasteiger partial charge in [0.2, 0.25) is 0 Å². The summed E-state index contributed by atoms with van der Waals surface area (Å²) in [5.74, 6) is 6.48. The zero-order valence-corrected chi connectivity index (χ0v) is 13.9. The minimum Gasteiger partial charge on any atom is -0.370 e. The highest BCUT2D eigenvalue weighted by molar-refractivity contribution is 5.75. The summed E-state index contributed by atoms with van der Waals surface area (Å²) < 4.78 is 0. The summed E-state index contributed by atoms with van der Waals surface area (Å²) in [6.07, 6.45) is 0. The summed E-state index contributed by atoms with van der Waals surface area (Å²) in [5, 5.41) is 0. The van der Waals surface area contributed by atoms with Crippen LogP contribution in [0.1, 0.15) is 43.0 Å². The highest BCUT2D eigenvalue weighted by Crippen LogP contribution is 2.21. The maximum Gasteiger partial charge on any atom is 0.186 e. The molecule has 0 amide bonds. The number of hydrogen-bond donors (Lipinski definition) is 2. The quantitative estimate of drug-likeness (QED) is 0.508. The lowest BCUT2D eigenvalue weighted by molar-refractivity contribution is 0.590. The van der Waals surface area contributed by atoms with Crippen molar-refractivity contribution in [1.29, 1.82) is 0 Å². The van der Waals surface area contributed by atoms with Crippen molar-refractivity contribution < 1.29 is 0 Å². The Morgan fingerprint density at radius 3 is 2.22 bits per heavy atom. The maximum atomic E-state index is 5.36. The second-order valence-electron chi connectivity index (χ2n) is 6.52. The van der Waals surface area contributed by atoms with Crippen LogP contribution in [0.3, 0.4) is 0 Å². The van der Waals surface area contributed by atoms with Crippen LogP contribution in [0.15, 0.2) is 53.5 Å². The van der Waals surface area contributed by atoms with E-state index in [4.69, 9.17) is 11.5 Å². The number of nitrogens with zero attached hydrogens (tertiary/aromatic N) is 1. The minimum atomic E-state index is 0.0976. The average molecular weight is 305 g/mol. The van der Waals surface area contributed by atoms with Crippen molar-refractivity contribution in [2.45, 2.75) is 32.7 Å². The Morgan fingerprint density at radius 1 is 0.957 bits per heavy atom. The maximum absolute atomic E-state index is 5.36. The number of benzene rings is 2. The fourth-order valence-corrected chi connectivity index (χ4v) is 2.13. The molecular weight excluding hydrogens is 282 g/mol. The van der Waals surface area contributed by atoms with Gasteiger partial charge in [0.05, 0.1) is 6.54 Å². The summed E-state index contributed by atoms with van der Waals surface area (Å²) >= 11 is 0. The van der Waals surface area contributed by atoms with Gasteiger partial charge in [-0.15, -0.1) is 0 Å². The molecule has 2 rings (SSSR count). The molecule has 0 unspecified atom stereocenters. The molecule has 0 aromatic heterocycles. The fraction of sp³-hybridized carbons (Fsp3) is 0.250. The molecule has 0 heterocycles. The number of hydrogen-bond acceptors (Lipinski definition) is 1. The summed E-state index contributed by atoms with van der Waals surface area (Å²) in [6, 6.07) is 16.3. The Bertz CT molecular complexity index is 750. The van der Waals surface area contributed by atoms with Gasteiger partial charge in [-0.3, -0.25) is 0 Å². The van der Waals surface area contributed by atoms with Gasteiger partial charge >= 0.3 is 0 Å². The van der Waals surface area contributed by atoms with Crippen LogP contribution in [-0.2, 0) is 12.0 Å². The van der Waals surface area contributed by atoms with Crippen molar-refractivity contribution >= 4 is 5.96 Å². The first-order valence-electron chi connectivity index (χ1n) is 7.61. The first-order chi connectivity index (χ1) is 10.8. The van der Waals surface area contributed by atoms with Gasteiger partial charge in [0.15, 0.2) is 5.96 Å². The number of nitrogens with two attached hydrogens (primary N) is 2. The molecule has 118 valence electrons. The van der Waals surface area contributed by atoms with E-state index in [-0.39, 0.29) is 11.4 Å². The molecule has 0 bridgehead atoms. The predicted octanol–water partition coefficient (Wildman–Crippen LogP) is 3.16. The van der Waals surface area contributed by atoms with Crippen LogP contribution in [0.2, 0.25) is 0 Å². The largest absolute Gasteiger partial charge is 0.370 e. The van der Waals surface area contributed by atoms with Gasteiger partial charge in [-0.25, -0.2) is 4.99 Å². The van der Waals surface area contributed by atoms with Crippen molar-refractivity contribution in [3.05, 3.63) is 70.8 Å². The molecular formula is C20H23N3. The third-order valence-corrected chi connectivity index (χ3v) is 3.47. The van der Waals surface area contributed by atoms with E-state index in [0.29, 0.717) is 6.54 Å². The number of guanidine groups is 1. The van der Waals surface area contributed by atoms with E-state index >= 15 is 0 Å². The smallest absolute Gasteiger partial charge is 0.186 e. The molecule has 3 nitrogen and oxygen atoms in total. The van der Waals surface area contributed by atoms with E-state index in [1.807, 2.05) is 24.3 Å². The zero-order chi connectivity index (χ0) is 16.9. The van der Waals surface area contributed by atoms with Crippen molar-refractivity contribution in [2.24, 2.45) is 16.5 Å². The second kappa shape index (κ2) is 7.02. The van der Waals surface area contributed by atoms with Crippen molar-refractivity contribution in [3.8, 4) is 11.8 Å². The molecule has 0 saturated carbocycles. The van der Waals surface area contributed by atoms with Crippen molar-refractivity contribution in [2.75, 3.05) is 0 Å². The van der Waals surface area contributed by atoms with Crippen molar-refractivity contribution in [3.63, 3.8) is 0 Å². The lowest BCUT2D eigenvalue weighted by atomic mass is 9.87. The molecule has 0 atom stereocenters. The average Bonchev–Trinajstić information content (AvgIpc) is 2.51. The molecule has 0 saturated heterocycles. The van der Waals surface area contributed by atoms with E-state index in [9.17, 15) is 0 Å². The van der Waals surface area contributed by atoms with Crippen LogP contribution < -0.4 is 11.5 Å². The van der Waals surface area contributed by atoms with Crippen LogP contribution in [0.5, 0.6) is 0 Å². The highest BCUT2D eigenvalue weighted by Gasteiger charge is 2.12. The molecule has 3 heteroatoms. The monoisotopic (exact) mass is 305 g/mol. The first-order valence-corrected chi connectivity index (χ1v) is 7.61. The van der Waals surface area contributed by atoms with Crippen LogP contribution >= 0.6 is 0 Å². The van der Waals surface area contributed by atoms with Gasteiger partial charge < -0.3 is 11.5 Å². The van der Waals surface area contributed by atoms with Gasteiger partial charge in [0.1, 0.15) is 0 Å². The Balaban J connectivity index is 2.15. The normalized spacial score (nSPS) is 10.6. The third kappa shape index (κ3) is 5.19. The zero-order valence-electron chi connectivity index (χ0n) is 13.9. The third-order valence-electron chi connectivity index (χ3n) is 3.47. The topological polar surface area (TPSA) is 64.4 Å². The molecule has 0 fully saturated rings. The van der Waals surface area contributed by atoms with E-state index in [0.717, 1.165) is 16.7 Å². The van der Waals surface area contributed by atoms with Crippen LogP contribution in [0, 0.1) is 11.8 Å². The van der Waals surface area contributed by atoms with Gasteiger partial charge in [-0.05, 0) is 40.8 Å². The molecule has 23 heavy (non-hydrogen) atoms. The molecule has 0 radical (unpaired) electrons. The Labute approximate surface area is 138 Å². The van der Waals surface area contributed by atoms with E-state index in [1.165, 1.54) is 5.56 Å². The second-order valence-corrected chi connectivity index (χ2v) is 6.52. The van der Waals surface area contributed by atoms with Gasteiger partial charge in [-0.2, -0.15) is 0 Å². The van der Waals surface area contributed by atoms with Crippen LogP contribution in [0.4, 0.5) is 0 Å². The Morgan fingerprint density at radius 2 is 1.61 bits per heavy atom. The van der Waals surface area contributed by atoms with Crippen molar-refractivity contribution in [1.82, 2.24) is 0 Å². The molecule has 0 spiro atoms. The lowest BCUT2D eigenvalue weighted by Gasteiger charge is -2.18. The van der Waals surface area contributed by atoms with Gasteiger partial charge in [0, 0.05) is 11.1 Å². The van der Waals surface area contributed by atoms with E-state index in [2.05, 4.69) is 61.9 Å². The van der Waals surface area contributed by atoms with Gasteiger partial charge in [-0.1, -0.05) is 56.9 Å². The number of rotatable bonds is 2. The molecule has 2 aromatic rings. The Kier molecular flexibility index (Phi) is 5.08. The SMILES string of the molecule is CC(C)(C)c1ccc(C#Cc2cccc(CN=C(N)N)c2)cc1. The molecule has 0 aliphatic carbocycles. The Hall–Kier alpha value is -2.73. The summed E-state index contributed by atoms with van der Waals surface area (Å²) in [4.78, 5) is 4.01. The first kappa shape index (κ1) is 16.6. The molecule has 4 N–H and O–H groups in total. The standard InChI is InChI=1S/C20H23N3/c1-20(2,3)18-11-9-15(10-12-18)7-8-16-5-4-6-17(13-16)14-23-19(21)22/h4-6,9-13H,14H2,1-3H3,(H4,21,22,23). The minimum absolute atomic E-state index is 0.0976. The molecule has 0 aliphatic heterocycles. The predicted molar refractivity (Wildman–Crippen MR) is 97.1 cm³/mol. The highest BCUT2D eigenvalue weighted by atomic mass is 15.0. The fourth-order valence-electron chi connectivity index (χ4n) is 2.13. The molecule has 2 aromatic carbocycles. The molecule has 0 aliphatic rings.